The predicted molar refractivity (Wildman–Crippen MR) is 69.7 cm³/mol. The van der Waals surface area contributed by atoms with Crippen molar-refractivity contribution in [3.63, 3.8) is 0 Å². The normalized spacial score (nSPS) is 11.8. The highest BCUT2D eigenvalue weighted by Gasteiger charge is 2.23. The average Bonchev–Trinajstić information content (AvgIpc) is 2.56. The number of hydrogen-bond donors (Lipinski definition) is 2. The largest absolute Gasteiger partial charge is 0.394 e. The third kappa shape index (κ3) is 2.31. The van der Waals surface area contributed by atoms with E-state index in [1.165, 1.54) is 0 Å². The molecule has 0 atom stereocenters. The molecule has 0 radical (unpaired) electrons. The van der Waals surface area contributed by atoms with E-state index in [0.29, 0.717) is 0 Å². The second-order valence-corrected chi connectivity index (χ2v) is 4.56. The summed E-state index contributed by atoms with van der Waals surface area (Å²) in [5.74, 6) is 0.964. The lowest BCUT2D eigenvalue weighted by Gasteiger charge is -2.29. The fraction of sp³-hybridized carbons (Fsp3) is 0.750. The summed E-state index contributed by atoms with van der Waals surface area (Å²) in [6.07, 6.45) is 2.13. The van der Waals surface area contributed by atoms with Gasteiger partial charge in [0.05, 0.1) is 11.4 Å². The van der Waals surface area contributed by atoms with E-state index < -0.39 is 0 Å². The van der Waals surface area contributed by atoms with Crippen molar-refractivity contribution in [1.82, 2.24) is 9.78 Å². The fourth-order valence-corrected chi connectivity index (χ4v) is 1.67. The van der Waals surface area contributed by atoms with Crippen LogP contribution >= 0.6 is 0 Å². The number of aromatic nitrogens is 2. The molecule has 92 valence electrons. The molecule has 1 aromatic heterocycles. The number of hydrogen-bond acceptors (Lipinski definition) is 3. The van der Waals surface area contributed by atoms with E-state index in [1.54, 1.807) is 0 Å². The van der Waals surface area contributed by atoms with Gasteiger partial charge < -0.3 is 11.1 Å². The van der Waals surface area contributed by atoms with Crippen LogP contribution in [0.4, 0.5) is 11.5 Å². The first-order valence-corrected chi connectivity index (χ1v) is 6.08. The summed E-state index contributed by atoms with van der Waals surface area (Å²) in [6.45, 7) is 11.4. The maximum absolute atomic E-state index is 6.05. The summed E-state index contributed by atoms with van der Waals surface area (Å²) in [4.78, 5) is 0. The molecule has 1 heterocycles. The summed E-state index contributed by atoms with van der Waals surface area (Å²) in [6, 6.07) is 0. The second kappa shape index (κ2) is 4.76. The molecule has 0 bridgehead atoms. The van der Waals surface area contributed by atoms with Gasteiger partial charge in [0.1, 0.15) is 5.82 Å². The van der Waals surface area contributed by atoms with Crippen LogP contribution in [0.1, 0.15) is 46.2 Å². The third-order valence-electron chi connectivity index (χ3n) is 3.45. The first-order chi connectivity index (χ1) is 7.47. The van der Waals surface area contributed by atoms with Crippen molar-refractivity contribution in [2.75, 3.05) is 11.1 Å². The molecule has 4 nitrogen and oxygen atoms in total. The van der Waals surface area contributed by atoms with Crippen molar-refractivity contribution in [3.8, 4) is 0 Å². The van der Waals surface area contributed by atoms with E-state index in [9.17, 15) is 0 Å². The summed E-state index contributed by atoms with van der Waals surface area (Å²) < 4.78 is 1.94. The highest BCUT2D eigenvalue weighted by atomic mass is 15.3. The zero-order valence-corrected chi connectivity index (χ0v) is 11.1. The Morgan fingerprint density at radius 2 is 1.88 bits per heavy atom. The number of nitrogens with one attached hydrogen (secondary N) is 1. The molecule has 0 spiro atoms. The lowest BCUT2D eigenvalue weighted by molar-refractivity contribution is 0.470. The first-order valence-electron chi connectivity index (χ1n) is 6.08. The minimum absolute atomic E-state index is 0.0908. The van der Waals surface area contributed by atoms with Gasteiger partial charge >= 0.3 is 0 Å². The minimum Gasteiger partial charge on any atom is -0.394 e. The number of nitrogens with zero attached hydrogens (tertiary/aromatic N) is 2. The van der Waals surface area contributed by atoms with Gasteiger partial charge in [-0.05, 0) is 33.6 Å². The zero-order chi connectivity index (χ0) is 12.3. The Hall–Kier alpha value is -1.19. The van der Waals surface area contributed by atoms with Gasteiger partial charge in [0, 0.05) is 12.1 Å². The van der Waals surface area contributed by atoms with Crippen LogP contribution in [0.2, 0.25) is 0 Å². The van der Waals surface area contributed by atoms with Crippen LogP contribution in [-0.2, 0) is 6.54 Å². The molecule has 0 aliphatic heterocycles. The Morgan fingerprint density at radius 1 is 1.31 bits per heavy atom. The lowest BCUT2D eigenvalue weighted by atomic mass is 9.95. The molecule has 0 saturated carbocycles. The van der Waals surface area contributed by atoms with Gasteiger partial charge in [-0.2, -0.15) is 5.10 Å². The van der Waals surface area contributed by atoms with Gasteiger partial charge in [-0.25, -0.2) is 4.68 Å². The highest BCUT2D eigenvalue weighted by molar-refractivity contribution is 5.65. The number of nitrogens with two attached hydrogens (primary N) is 1. The van der Waals surface area contributed by atoms with E-state index in [-0.39, 0.29) is 5.54 Å². The monoisotopic (exact) mass is 224 g/mol. The van der Waals surface area contributed by atoms with E-state index in [0.717, 1.165) is 36.6 Å². The Balaban J connectivity index is 3.04. The molecule has 0 unspecified atom stereocenters. The molecule has 0 aromatic carbocycles. The SMILES string of the molecule is CCn1nc(C)c(N)c1NC(C)(CC)CC. The molecule has 1 aromatic rings. The molecule has 4 heteroatoms. The lowest BCUT2D eigenvalue weighted by Crippen LogP contribution is -2.34. The number of anilines is 2. The molecule has 0 aliphatic rings. The van der Waals surface area contributed by atoms with Crippen LogP contribution in [0.3, 0.4) is 0 Å². The molecular formula is C12H24N4. The smallest absolute Gasteiger partial charge is 0.148 e. The maximum atomic E-state index is 6.05. The van der Waals surface area contributed by atoms with Crippen LogP contribution in [0.25, 0.3) is 0 Å². The average molecular weight is 224 g/mol. The van der Waals surface area contributed by atoms with Gasteiger partial charge in [-0.3, -0.25) is 0 Å². The Kier molecular flexibility index (Phi) is 3.83. The summed E-state index contributed by atoms with van der Waals surface area (Å²) in [5, 5.41) is 7.95. The molecule has 0 aliphatic carbocycles. The van der Waals surface area contributed by atoms with Crippen molar-refractivity contribution in [1.29, 1.82) is 0 Å². The summed E-state index contributed by atoms with van der Waals surface area (Å²) in [5.41, 5.74) is 7.82. The van der Waals surface area contributed by atoms with E-state index in [1.807, 2.05) is 11.6 Å². The van der Waals surface area contributed by atoms with E-state index in [4.69, 9.17) is 5.73 Å². The zero-order valence-electron chi connectivity index (χ0n) is 11.1. The third-order valence-corrected chi connectivity index (χ3v) is 3.45. The quantitative estimate of drug-likeness (QED) is 0.808. The molecule has 0 fully saturated rings. The number of aryl methyl sites for hydroxylation is 2. The van der Waals surface area contributed by atoms with Crippen LogP contribution in [0.15, 0.2) is 0 Å². The molecular weight excluding hydrogens is 200 g/mol. The number of rotatable bonds is 5. The van der Waals surface area contributed by atoms with Crippen LogP contribution < -0.4 is 11.1 Å². The van der Waals surface area contributed by atoms with Gasteiger partial charge in [0.15, 0.2) is 0 Å². The molecule has 3 N–H and O–H groups in total. The molecule has 16 heavy (non-hydrogen) atoms. The highest BCUT2D eigenvalue weighted by Crippen LogP contribution is 2.28. The topological polar surface area (TPSA) is 55.9 Å². The van der Waals surface area contributed by atoms with Crippen molar-refractivity contribution in [3.05, 3.63) is 5.69 Å². The van der Waals surface area contributed by atoms with Crippen molar-refractivity contribution in [2.24, 2.45) is 0 Å². The van der Waals surface area contributed by atoms with E-state index >= 15 is 0 Å². The van der Waals surface area contributed by atoms with Gasteiger partial charge in [-0.15, -0.1) is 0 Å². The van der Waals surface area contributed by atoms with Gasteiger partial charge in [-0.1, -0.05) is 13.8 Å². The van der Waals surface area contributed by atoms with Gasteiger partial charge in [0.2, 0.25) is 0 Å². The molecule has 0 amide bonds. The second-order valence-electron chi connectivity index (χ2n) is 4.56. The Morgan fingerprint density at radius 3 is 2.31 bits per heavy atom. The Bertz CT molecular complexity index is 350. The maximum Gasteiger partial charge on any atom is 0.148 e. The van der Waals surface area contributed by atoms with Gasteiger partial charge in [0.25, 0.3) is 0 Å². The van der Waals surface area contributed by atoms with E-state index in [2.05, 4.69) is 38.1 Å². The van der Waals surface area contributed by atoms with Crippen LogP contribution in [0, 0.1) is 6.92 Å². The van der Waals surface area contributed by atoms with Crippen molar-refractivity contribution in [2.45, 2.75) is 59.5 Å². The first kappa shape index (κ1) is 12.9. The van der Waals surface area contributed by atoms with Crippen LogP contribution in [0.5, 0.6) is 0 Å². The summed E-state index contributed by atoms with van der Waals surface area (Å²) >= 11 is 0. The standard InChI is InChI=1S/C12H24N4/c1-6-12(5,7-2)14-11-10(13)9(4)15-16(11)8-3/h14H,6-8,13H2,1-5H3. The van der Waals surface area contributed by atoms with Crippen molar-refractivity contribution < 1.29 is 0 Å². The number of nitrogen functional groups attached to an aromatic ring is 1. The predicted octanol–water partition coefficient (Wildman–Crippen LogP) is 2.78. The fourth-order valence-electron chi connectivity index (χ4n) is 1.67. The summed E-state index contributed by atoms with van der Waals surface area (Å²) in [7, 11) is 0. The molecule has 1 rings (SSSR count). The Labute approximate surface area is 98.2 Å². The molecule has 0 saturated heterocycles. The van der Waals surface area contributed by atoms with Crippen molar-refractivity contribution >= 4 is 11.5 Å². The minimum atomic E-state index is 0.0908. The van der Waals surface area contributed by atoms with Crippen LogP contribution in [-0.4, -0.2) is 15.3 Å².